The maximum Gasteiger partial charge on any atom is 0.234 e. The zero-order valence-corrected chi connectivity index (χ0v) is 17.8. The van der Waals surface area contributed by atoms with Crippen molar-refractivity contribution in [2.24, 2.45) is 0 Å². The summed E-state index contributed by atoms with van der Waals surface area (Å²) in [6.07, 6.45) is 3.90. The van der Waals surface area contributed by atoms with Gasteiger partial charge in [0.25, 0.3) is 0 Å². The molecule has 0 aliphatic carbocycles. The Morgan fingerprint density at radius 3 is 1.72 bits per heavy atom. The van der Waals surface area contributed by atoms with Gasteiger partial charge in [0, 0.05) is 38.6 Å². The van der Waals surface area contributed by atoms with Gasteiger partial charge >= 0.3 is 0 Å². The van der Waals surface area contributed by atoms with Crippen LogP contribution in [-0.2, 0) is 4.79 Å². The van der Waals surface area contributed by atoms with E-state index in [1.54, 1.807) is 0 Å². The average Bonchev–Trinajstić information content (AvgIpc) is 3.41. The molecule has 0 N–H and O–H groups in total. The molecule has 32 heavy (non-hydrogen) atoms. The van der Waals surface area contributed by atoms with Crippen LogP contribution in [0, 0.1) is 0 Å². The molecule has 0 bridgehead atoms. The largest absolute Gasteiger partial charge is 0.352 e. The first-order valence-electron chi connectivity index (χ1n) is 10.9. The maximum atomic E-state index is 13.6. The fourth-order valence-corrected chi connectivity index (χ4v) is 4.22. The van der Waals surface area contributed by atoms with E-state index in [-0.39, 0.29) is 11.8 Å². The van der Waals surface area contributed by atoms with Gasteiger partial charge in [-0.1, -0.05) is 60.7 Å². The standard InChI is InChI=1S/C26H25N5O/c32-26(25(21-9-3-1-4-10-21)22-11-5-2-6-12-22)31-19-17-30(18-20-31)24-14-13-23(27-28-24)29-15-7-8-16-29/h1-16,25H,17-20H2. The third-order valence-corrected chi connectivity index (χ3v) is 5.93. The van der Waals surface area contributed by atoms with E-state index in [0.29, 0.717) is 13.1 Å². The minimum Gasteiger partial charge on any atom is -0.352 e. The summed E-state index contributed by atoms with van der Waals surface area (Å²) in [7, 11) is 0. The molecule has 3 heterocycles. The molecular formula is C26H25N5O. The first-order chi connectivity index (χ1) is 15.8. The first-order valence-corrected chi connectivity index (χ1v) is 10.9. The van der Waals surface area contributed by atoms with Crippen LogP contribution in [0.25, 0.3) is 5.82 Å². The van der Waals surface area contributed by atoms with E-state index in [2.05, 4.69) is 15.1 Å². The summed E-state index contributed by atoms with van der Waals surface area (Å²) in [4.78, 5) is 17.8. The van der Waals surface area contributed by atoms with Crippen molar-refractivity contribution in [1.82, 2.24) is 19.7 Å². The second-order valence-electron chi connectivity index (χ2n) is 7.91. The molecule has 0 spiro atoms. The highest BCUT2D eigenvalue weighted by Crippen LogP contribution is 2.27. The zero-order chi connectivity index (χ0) is 21.8. The number of hydrogen-bond acceptors (Lipinski definition) is 4. The molecule has 6 heteroatoms. The van der Waals surface area contributed by atoms with E-state index in [1.807, 2.05) is 107 Å². The second-order valence-corrected chi connectivity index (χ2v) is 7.91. The molecule has 0 saturated carbocycles. The Morgan fingerprint density at radius 1 is 0.656 bits per heavy atom. The van der Waals surface area contributed by atoms with Gasteiger partial charge in [0.2, 0.25) is 5.91 Å². The number of amides is 1. The van der Waals surface area contributed by atoms with Gasteiger partial charge in [-0.25, -0.2) is 0 Å². The van der Waals surface area contributed by atoms with Crippen LogP contribution in [0.2, 0.25) is 0 Å². The Balaban J connectivity index is 1.29. The van der Waals surface area contributed by atoms with Gasteiger partial charge in [0.15, 0.2) is 11.6 Å². The van der Waals surface area contributed by atoms with Gasteiger partial charge in [0.1, 0.15) is 0 Å². The Bertz CT molecular complexity index is 1100. The van der Waals surface area contributed by atoms with Gasteiger partial charge < -0.3 is 14.4 Å². The van der Waals surface area contributed by atoms with Crippen molar-refractivity contribution in [3.8, 4) is 5.82 Å². The van der Waals surface area contributed by atoms with Crippen LogP contribution in [-0.4, -0.2) is 51.8 Å². The van der Waals surface area contributed by atoms with E-state index < -0.39 is 0 Å². The van der Waals surface area contributed by atoms with Crippen LogP contribution in [0.1, 0.15) is 17.0 Å². The minimum absolute atomic E-state index is 0.149. The van der Waals surface area contributed by atoms with Gasteiger partial charge in [-0.2, -0.15) is 0 Å². The van der Waals surface area contributed by atoms with E-state index in [1.165, 1.54) is 0 Å². The normalized spacial score (nSPS) is 14.0. The fourth-order valence-electron chi connectivity index (χ4n) is 4.22. The number of nitrogens with zero attached hydrogens (tertiary/aromatic N) is 5. The SMILES string of the molecule is O=C(C(c1ccccc1)c1ccccc1)N1CCN(c2ccc(-n3cccc3)nn2)CC1. The van der Waals surface area contributed by atoms with Crippen molar-refractivity contribution >= 4 is 11.7 Å². The molecule has 160 valence electrons. The second kappa shape index (κ2) is 9.06. The number of anilines is 1. The van der Waals surface area contributed by atoms with Gasteiger partial charge in [0.05, 0.1) is 5.92 Å². The first kappa shape index (κ1) is 20.0. The lowest BCUT2D eigenvalue weighted by atomic mass is 9.90. The minimum atomic E-state index is -0.287. The quantitative estimate of drug-likeness (QED) is 0.491. The van der Waals surface area contributed by atoms with Crippen LogP contribution < -0.4 is 4.90 Å². The lowest BCUT2D eigenvalue weighted by Gasteiger charge is -2.37. The molecule has 1 amide bonds. The predicted molar refractivity (Wildman–Crippen MR) is 125 cm³/mol. The van der Waals surface area contributed by atoms with Gasteiger partial charge in [-0.15, -0.1) is 10.2 Å². The van der Waals surface area contributed by atoms with E-state index in [9.17, 15) is 4.79 Å². The topological polar surface area (TPSA) is 54.3 Å². The van der Waals surface area contributed by atoms with E-state index >= 15 is 0 Å². The highest BCUT2D eigenvalue weighted by atomic mass is 16.2. The molecule has 6 nitrogen and oxygen atoms in total. The number of hydrogen-bond donors (Lipinski definition) is 0. The summed E-state index contributed by atoms with van der Waals surface area (Å²) in [6, 6.07) is 28.0. The molecule has 2 aromatic heterocycles. The Morgan fingerprint density at radius 2 is 1.19 bits per heavy atom. The Hall–Kier alpha value is -3.93. The number of rotatable bonds is 5. The fraction of sp³-hybridized carbons (Fsp3) is 0.192. The highest BCUT2D eigenvalue weighted by Gasteiger charge is 2.30. The third kappa shape index (κ3) is 4.12. The molecule has 0 unspecified atom stereocenters. The summed E-state index contributed by atoms with van der Waals surface area (Å²) < 4.78 is 1.93. The summed E-state index contributed by atoms with van der Waals surface area (Å²) in [6.45, 7) is 2.80. The number of piperazine rings is 1. The molecule has 1 saturated heterocycles. The monoisotopic (exact) mass is 423 g/mol. The van der Waals surface area contributed by atoms with E-state index in [0.717, 1.165) is 35.9 Å². The molecule has 1 fully saturated rings. The van der Waals surface area contributed by atoms with Crippen molar-refractivity contribution < 1.29 is 4.79 Å². The molecule has 0 radical (unpaired) electrons. The number of benzene rings is 2. The van der Waals surface area contributed by atoms with Crippen molar-refractivity contribution in [2.45, 2.75) is 5.92 Å². The molecule has 1 aliphatic heterocycles. The zero-order valence-electron chi connectivity index (χ0n) is 17.8. The molecular weight excluding hydrogens is 398 g/mol. The van der Waals surface area contributed by atoms with Crippen LogP contribution in [0.15, 0.2) is 97.3 Å². The van der Waals surface area contributed by atoms with Crippen molar-refractivity contribution in [1.29, 1.82) is 0 Å². The Kier molecular flexibility index (Phi) is 5.66. The lowest BCUT2D eigenvalue weighted by molar-refractivity contribution is -0.132. The number of carbonyl (C=O) groups is 1. The molecule has 2 aromatic carbocycles. The summed E-state index contributed by atoms with van der Waals surface area (Å²) in [5.74, 6) is 1.50. The van der Waals surface area contributed by atoms with Crippen molar-refractivity contribution in [2.75, 3.05) is 31.1 Å². The van der Waals surface area contributed by atoms with Crippen LogP contribution in [0.5, 0.6) is 0 Å². The van der Waals surface area contributed by atoms with Gasteiger partial charge in [-0.3, -0.25) is 4.79 Å². The van der Waals surface area contributed by atoms with Crippen LogP contribution in [0.4, 0.5) is 5.82 Å². The molecule has 0 atom stereocenters. The lowest BCUT2D eigenvalue weighted by Crippen LogP contribution is -2.50. The average molecular weight is 424 g/mol. The molecule has 1 aliphatic rings. The van der Waals surface area contributed by atoms with Crippen LogP contribution in [0.3, 0.4) is 0 Å². The molecule has 5 rings (SSSR count). The van der Waals surface area contributed by atoms with Crippen LogP contribution >= 0.6 is 0 Å². The third-order valence-electron chi connectivity index (χ3n) is 5.93. The maximum absolute atomic E-state index is 13.6. The van der Waals surface area contributed by atoms with Crippen molar-refractivity contribution in [3.63, 3.8) is 0 Å². The van der Waals surface area contributed by atoms with Gasteiger partial charge in [-0.05, 0) is 35.4 Å². The van der Waals surface area contributed by atoms with E-state index in [4.69, 9.17) is 0 Å². The number of carbonyl (C=O) groups excluding carboxylic acids is 1. The Labute approximate surface area is 187 Å². The molecule has 4 aromatic rings. The predicted octanol–water partition coefficient (Wildman–Crippen LogP) is 3.75. The summed E-state index contributed by atoms with van der Waals surface area (Å²) in [5, 5.41) is 8.76. The number of aromatic nitrogens is 3. The summed E-state index contributed by atoms with van der Waals surface area (Å²) >= 11 is 0. The van der Waals surface area contributed by atoms with Crippen molar-refractivity contribution in [3.05, 3.63) is 108 Å². The highest BCUT2D eigenvalue weighted by molar-refractivity contribution is 5.87. The smallest absolute Gasteiger partial charge is 0.234 e. The summed E-state index contributed by atoms with van der Waals surface area (Å²) in [5.41, 5.74) is 2.05.